The maximum absolute atomic E-state index is 13.0. The first-order valence-electron chi connectivity index (χ1n) is 8.97. The Morgan fingerprint density at radius 1 is 1.08 bits per heavy atom. The van der Waals surface area contributed by atoms with E-state index in [1.165, 1.54) is 0 Å². The largest absolute Gasteiger partial charge is 0.507 e. The first-order valence-corrected chi connectivity index (χ1v) is 8.97. The molecule has 0 aromatic rings. The molecule has 4 heteroatoms. The summed E-state index contributed by atoms with van der Waals surface area (Å²) >= 11 is 0. The van der Waals surface area contributed by atoms with Gasteiger partial charge in [-0.2, -0.15) is 0 Å². The van der Waals surface area contributed by atoms with E-state index in [9.17, 15) is 19.8 Å². The number of allylic oxidation sites excluding steroid dienone is 3. The minimum atomic E-state index is -0.549. The molecule has 3 rings (SSSR count). The van der Waals surface area contributed by atoms with E-state index in [0.29, 0.717) is 30.4 Å². The molecule has 3 atom stereocenters. The third-order valence-corrected chi connectivity index (χ3v) is 6.82. The fourth-order valence-corrected chi connectivity index (χ4v) is 5.46. The van der Waals surface area contributed by atoms with Crippen molar-refractivity contribution in [3.8, 4) is 0 Å². The van der Waals surface area contributed by atoms with Crippen LogP contribution in [0.5, 0.6) is 0 Å². The number of rotatable bonds is 1. The molecule has 0 spiro atoms. The Morgan fingerprint density at radius 3 is 2.29 bits per heavy atom. The molecular formula is C20H28O4. The Balaban J connectivity index is 2.20. The lowest BCUT2D eigenvalue weighted by atomic mass is 9.48. The maximum Gasteiger partial charge on any atom is 0.233 e. The molecule has 0 aromatic carbocycles. The molecule has 1 fully saturated rings. The van der Waals surface area contributed by atoms with Crippen LogP contribution in [0.2, 0.25) is 0 Å². The Morgan fingerprint density at radius 2 is 1.71 bits per heavy atom. The predicted octanol–water partition coefficient (Wildman–Crippen LogP) is 3.50. The summed E-state index contributed by atoms with van der Waals surface area (Å²) in [6, 6.07) is 0. The van der Waals surface area contributed by atoms with Gasteiger partial charge in [0.05, 0.1) is 6.10 Å². The van der Waals surface area contributed by atoms with E-state index in [0.717, 1.165) is 6.42 Å². The zero-order valence-electron chi connectivity index (χ0n) is 15.3. The number of aliphatic hydroxyl groups is 2. The van der Waals surface area contributed by atoms with Crippen molar-refractivity contribution in [2.75, 3.05) is 0 Å². The molecular weight excluding hydrogens is 304 g/mol. The summed E-state index contributed by atoms with van der Waals surface area (Å²) < 4.78 is 0. The predicted molar refractivity (Wildman–Crippen MR) is 91.4 cm³/mol. The molecule has 0 aromatic heterocycles. The van der Waals surface area contributed by atoms with Crippen molar-refractivity contribution in [2.24, 2.45) is 22.7 Å². The highest BCUT2D eigenvalue weighted by Gasteiger charge is 2.57. The first-order chi connectivity index (χ1) is 11.0. The summed E-state index contributed by atoms with van der Waals surface area (Å²) in [6.45, 7) is 9.80. The summed E-state index contributed by atoms with van der Waals surface area (Å²) in [6.07, 6.45) is 2.29. The van der Waals surface area contributed by atoms with Crippen molar-refractivity contribution in [2.45, 2.75) is 66.4 Å². The van der Waals surface area contributed by atoms with E-state index in [4.69, 9.17) is 0 Å². The van der Waals surface area contributed by atoms with Gasteiger partial charge in [0.2, 0.25) is 11.6 Å². The molecule has 3 aliphatic rings. The van der Waals surface area contributed by atoms with Gasteiger partial charge in [0.15, 0.2) is 0 Å². The normalized spacial score (nSPS) is 36.1. The number of aliphatic hydroxyl groups excluding tert-OH is 2. The molecule has 0 aliphatic heterocycles. The van der Waals surface area contributed by atoms with Gasteiger partial charge >= 0.3 is 0 Å². The molecule has 0 saturated heterocycles. The van der Waals surface area contributed by atoms with E-state index < -0.39 is 23.1 Å². The highest BCUT2D eigenvalue weighted by atomic mass is 16.3. The second-order valence-electron chi connectivity index (χ2n) is 8.81. The van der Waals surface area contributed by atoms with Crippen molar-refractivity contribution >= 4 is 11.6 Å². The zero-order chi connectivity index (χ0) is 18.0. The van der Waals surface area contributed by atoms with Gasteiger partial charge in [-0.15, -0.1) is 0 Å². The Labute approximate surface area is 143 Å². The summed E-state index contributed by atoms with van der Waals surface area (Å²) in [7, 11) is 0. The number of carbonyl (C=O) groups is 2. The fourth-order valence-electron chi connectivity index (χ4n) is 5.46. The minimum absolute atomic E-state index is 0.0354. The van der Waals surface area contributed by atoms with Gasteiger partial charge in [0, 0.05) is 22.1 Å². The topological polar surface area (TPSA) is 74.6 Å². The van der Waals surface area contributed by atoms with Crippen molar-refractivity contribution in [1.82, 2.24) is 0 Å². The number of Topliss-reactive ketones (excluding diaryl/α,β-unsaturated/α-hetero) is 2. The van der Waals surface area contributed by atoms with Gasteiger partial charge in [-0.05, 0) is 42.9 Å². The minimum Gasteiger partial charge on any atom is -0.507 e. The average Bonchev–Trinajstić information content (AvgIpc) is 2.48. The highest BCUT2D eigenvalue weighted by Crippen LogP contribution is 2.61. The van der Waals surface area contributed by atoms with E-state index in [1.807, 2.05) is 20.8 Å². The van der Waals surface area contributed by atoms with Crippen LogP contribution in [0.15, 0.2) is 22.5 Å². The molecule has 3 aliphatic carbocycles. The van der Waals surface area contributed by atoms with Crippen LogP contribution in [-0.4, -0.2) is 27.9 Å². The lowest BCUT2D eigenvalue weighted by Gasteiger charge is -2.56. The molecule has 0 heterocycles. The van der Waals surface area contributed by atoms with Gasteiger partial charge in [-0.3, -0.25) is 9.59 Å². The molecule has 3 unspecified atom stereocenters. The second-order valence-corrected chi connectivity index (χ2v) is 8.81. The third-order valence-electron chi connectivity index (χ3n) is 6.82. The molecule has 24 heavy (non-hydrogen) atoms. The number of fused-ring (bicyclic) bond motifs is 2. The average molecular weight is 332 g/mol. The summed E-state index contributed by atoms with van der Waals surface area (Å²) in [5, 5.41) is 21.2. The Bertz CT molecular complexity index is 680. The number of hydrogen-bond donors (Lipinski definition) is 2. The van der Waals surface area contributed by atoms with Crippen molar-refractivity contribution in [1.29, 1.82) is 0 Å². The van der Waals surface area contributed by atoms with Crippen LogP contribution >= 0.6 is 0 Å². The van der Waals surface area contributed by atoms with Crippen LogP contribution in [0, 0.1) is 22.7 Å². The van der Waals surface area contributed by atoms with E-state index in [-0.39, 0.29) is 28.6 Å². The third kappa shape index (κ3) is 2.08. The fraction of sp³-hybridized carbons (Fsp3) is 0.700. The molecule has 132 valence electrons. The van der Waals surface area contributed by atoms with Gasteiger partial charge in [-0.1, -0.05) is 34.6 Å². The van der Waals surface area contributed by atoms with Gasteiger partial charge in [-0.25, -0.2) is 0 Å². The molecule has 0 amide bonds. The van der Waals surface area contributed by atoms with Crippen LogP contribution < -0.4 is 0 Å². The molecule has 2 N–H and O–H groups in total. The summed E-state index contributed by atoms with van der Waals surface area (Å²) in [5.41, 5.74) is 0.683. The smallest absolute Gasteiger partial charge is 0.233 e. The molecule has 1 saturated carbocycles. The van der Waals surface area contributed by atoms with Crippen molar-refractivity contribution in [3.63, 3.8) is 0 Å². The lowest BCUT2D eigenvalue weighted by Crippen LogP contribution is -2.54. The number of ketones is 2. The van der Waals surface area contributed by atoms with Crippen LogP contribution in [0.4, 0.5) is 0 Å². The van der Waals surface area contributed by atoms with E-state index in [2.05, 4.69) is 13.8 Å². The SMILES string of the molecule is CC(C)C1=C(O)C2=C(C(=O)C1=O)C1(C)CCC(O)C(C)(C)C1CC2. The van der Waals surface area contributed by atoms with Crippen LogP contribution in [0.3, 0.4) is 0 Å². The zero-order valence-corrected chi connectivity index (χ0v) is 15.3. The van der Waals surface area contributed by atoms with Crippen LogP contribution in [0.1, 0.15) is 60.3 Å². The first kappa shape index (κ1) is 17.4. The second kappa shape index (κ2) is 5.29. The van der Waals surface area contributed by atoms with Crippen molar-refractivity contribution < 1.29 is 19.8 Å². The van der Waals surface area contributed by atoms with E-state index >= 15 is 0 Å². The van der Waals surface area contributed by atoms with Crippen LogP contribution in [0.25, 0.3) is 0 Å². The maximum atomic E-state index is 13.0. The van der Waals surface area contributed by atoms with Crippen LogP contribution in [-0.2, 0) is 9.59 Å². The molecule has 0 bridgehead atoms. The Hall–Kier alpha value is -1.42. The quantitative estimate of drug-likeness (QED) is 0.569. The number of hydrogen-bond acceptors (Lipinski definition) is 4. The molecule has 0 radical (unpaired) electrons. The van der Waals surface area contributed by atoms with Gasteiger partial charge < -0.3 is 10.2 Å². The Kier molecular flexibility index (Phi) is 3.83. The van der Waals surface area contributed by atoms with Gasteiger partial charge in [0.25, 0.3) is 0 Å². The summed E-state index contributed by atoms with van der Waals surface area (Å²) in [5.74, 6) is -1.01. The monoisotopic (exact) mass is 332 g/mol. The summed E-state index contributed by atoms with van der Waals surface area (Å²) in [4.78, 5) is 25.6. The molecule has 4 nitrogen and oxygen atoms in total. The standard InChI is InChI=1S/C20H28O4/c1-10(2)14-16(22)11-6-7-12-19(3,4)13(21)8-9-20(12,5)15(11)18(24)17(14)23/h10,12-13,21-22H,6-9H2,1-5H3. The van der Waals surface area contributed by atoms with E-state index in [1.54, 1.807) is 0 Å². The number of carbonyl (C=O) groups excluding carboxylic acids is 2. The van der Waals surface area contributed by atoms with Crippen molar-refractivity contribution in [3.05, 3.63) is 22.5 Å². The highest BCUT2D eigenvalue weighted by molar-refractivity contribution is 6.50. The van der Waals surface area contributed by atoms with Gasteiger partial charge in [0.1, 0.15) is 5.76 Å². The lowest BCUT2D eigenvalue weighted by molar-refractivity contribution is -0.136.